The zero-order chi connectivity index (χ0) is 16.3. The maximum Gasteiger partial charge on any atom is 0.116 e. The van der Waals surface area contributed by atoms with Crippen LogP contribution >= 0.6 is 0 Å². The first-order chi connectivity index (χ1) is 9.62. The fourth-order valence-corrected chi connectivity index (χ4v) is 4.11. The summed E-state index contributed by atoms with van der Waals surface area (Å²) < 4.78 is 5.50. The van der Waals surface area contributed by atoms with Gasteiger partial charge in [0.1, 0.15) is 5.72 Å². The second-order valence-corrected chi connectivity index (χ2v) is 7.96. The van der Waals surface area contributed by atoms with Crippen LogP contribution in [0.4, 0.5) is 0 Å². The fourth-order valence-electron chi connectivity index (χ4n) is 4.11. The van der Waals surface area contributed by atoms with Gasteiger partial charge in [0.15, 0.2) is 0 Å². The van der Waals surface area contributed by atoms with Crippen LogP contribution < -0.4 is 5.73 Å². The molecule has 3 atom stereocenters. The molecular formula is C18H37NO2. The lowest BCUT2D eigenvalue weighted by Crippen LogP contribution is -2.54. The molecule has 0 saturated heterocycles. The Morgan fingerprint density at radius 3 is 1.90 bits per heavy atom. The van der Waals surface area contributed by atoms with Crippen LogP contribution in [0.3, 0.4) is 0 Å². The van der Waals surface area contributed by atoms with Gasteiger partial charge in [0.2, 0.25) is 0 Å². The van der Waals surface area contributed by atoms with Gasteiger partial charge in [-0.3, -0.25) is 0 Å². The Labute approximate surface area is 131 Å². The lowest BCUT2D eigenvalue weighted by Gasteiger charge is -2.49. The predicted octanol–water partition coefficient (Wildman–Crippen LogP) is 4.08. The molecule has 0 radical (unpaired) electrons. The number of hydrogen-bond donors (Lipinski definition) is 2. The van der Waals surface area contributed by atoms with Crippen molar-refractivity contribution in [2.24, 2.45) is 22.5 Å². The Bertz CT molecular complexity index is 318. The second-order valence-electron chi connectivity index (χ2n) is 7.96. The Morgan fingerprint density at radius 2 is 1.57 bits per heavy atom. The third-order valence-electron chi connectivity index (χ3n) is 6.60. The molecule has 0 aromatic rings. The zero-order valence-corrected chi connectivity index (χ0v) is 15.0. The summed E-state index contributed by atoms with van der Waals surface area (Å²) in [4.78, 5) is 0. The molecule has 126 valence electrons. The van der Waals surface area contributed by atoms with E-state index >= 15 is 0 Å². The van der Waals surface area contributed by atoms with Crippen LogP contribution in [0.5, 0.6) is 0 Å². The van der Waals surface area contributed by atoms with E-state index in [0.717, 1.165) is 19.3 Å². The lowest BCUT2D eigenvalue weighted by molar-refractivity contribution is -0.0955. The molecule has 0 aromatic carbocycles. The van der Waals surface area contributed by atoms with Crippen LogP contribution in [-0.2, 0) is 4.74 Å². The van der Waals surface area contributed by atoms with Gasteiger partial charge < -0.3 is 15.6 Å². The van der Waals surface area contributed by atoms with Crippen LogP contribution in [0.15, 0.2) is 0 Å². The molecule has 0 amide bonds. The normalized spacial score (nSPS) is 32.0. The molecule has 3 heteroatoms. The van der Waals surface area contributed by atoms with Crippen LogP contribution in [0.1, 0.15) is 79.6 Å². The van der Waals surface area contributed by atoms with Crippen LogP contribution in [0.25, 0.3) is 0 Å². The third-order valence-corrected chi connectivity index (χ3v) is 6.60. The molecule has 3 unspecified atom stereocenters. The van der Waals surface area contributed by atoms with E-state index < -0.39 is 5.72 Å². The highest BCUT2D eigenvalue weighted by atomic mass is 16.5. The maximum absolute atomic E-state index is 10.4. The summed E-state index contributed by atoms with van der Waals surface area (Å²) in [6.45, 7) is 10.7. The highest BCUT2D eigenvalue weighted by molar-refractivity contribution is 4.96. The molecule has 0 bridgehead atoms. The molecular weight excluding hydrogens is 262 g/mol. The largest absolute Gasteiger partial charge is 0.381 e. The number of methoxy groups -OCH3 is 1. The molecule has 3 N–H and O–H groups in total. The summed E-state index contributed by atoms with van der Waals surface area (Å²) in [5, 5.41) is 10.4. The van der Waals surface area contributed by atoms with Crippen molar-refractivity contribution in [3.8, 4) is 0 Å². The molecule has 1 aliphatic carbocycles. The number of ether oxygens (including phenoxy) is 1. The Balaban J connectivity index is 2.85. The van der Waals surface area contributed by atoms with E-state index in [4.69, 9.17) is 10.5 Å². The number of hydrogen-bond acceptors (Lipinski definition) is 3. The van der Waals surface area contributed by atoms with E-state index in [2.05, 4.69) is 27.7 Å². The minimum absolute atomic E-state index is 0.240. The van der Waals surface area contributed by atoms with Crippen LogP contribution in [0.2, 0.25) is 0 Å². The van der Waals surface area contributed by atoms with Gasteiger partial charge in [0.25, 0.3) is 0 Å². The first-order valence-electron chi connectivity index (χ1n) is 8.66. The van der Waals surface area contributed by atoms with Gasteiger partial charge in [-0.05, 0) is 56.8 Å². The molecule has 1 aliphatic rings. The van der Waals surface area contributed by atoms with Crippen molar-refractivity contribution in [2.45, 2.75) is 91.4 Å². The van der Waals surface area contributed by atoms with Crippen molar-refractivity contribution in [1.82, 2.24) is 0 Å². The highest BCUT2D eigenvalue weighted by Gasteiger charge is 2.46. The molecule has 21 heavy (non-hydrogen) atoms. The first-order valence-corrected chi connectivity index (χ1v) is 8.66. The first kappa shape index (κ1) is 18.9. The summed E-state index contributed by atoms with van der Waals surface area (Å²) in [5.74, 6) is 0.710. The van der Waals surface area contributed by atoms with Gasteiger partial charge >= 0.3 is 0 Å². The minimum atomic E-state index is -1.12. The van der Waals surface area contributed by atoms with Gasteiger partial charge in [-0.15, -0.1) is 0 Å². The zero-order valence-electron chi connectivity index (χ0n) is 15.0. The molecule has 0 spiro atoms. The Morgan fingerprint density at radius 1 is 1.05 bits per heavy atom. The van der Waals surface area contributed by atoms with E-state index in [1.807, 2.05) is 7.11 Å². The smallest absolute Gasteiger partial charge is 0.116 e. The summed E-state index contributed by atoms with van der Waals surface area (Å²) in [7, 11) is 1.82. The van der Waals surface area contributed by atoms with E-state index in [1.54, 1.807) is 6.92 Å². The highest BCUT2D eigenvalue weighted by Crippen LogP contribution is 2.51. The van der Waals surface area contributed by atoms with E-state index in [1.165, 1.54) is 25.7 Å². The van der Waals surface area contributed by atoms with Gasteiger partial charge in [-0.2, -0.15) is 0 Å². The van der Waals surface area contributed by atoms with Crippen molar-refractivity contribution in [3.63, 3.8) is 0 Å². The molecule has 0 aromatic heterocycles. The molecule has 0 aliphatic heterocycles. The molecule has 0 heterocycles. The van der Waals surface area contributed by atoms with Gasteiger partial charge in [0.05, 0.1) is 6.10 Å². The summed E-state index contributed by atoms with van der Waals surface area (Å²) in [6.07, 6.45) is 8.26. The molecule has 1 rings (SSSR count). The van der Waals surface area contributed by atoms with Crippen LogP contribution in [-0.4, -0.2) is 24.0 Å². The number of nitrogens with two attached hydrogens (primary N) is 1. The quantitative estimate of drug-likeness (QED) is 0.696. The lowest BCUT2D eigenvalue weighted by atomic mass is 9.58. The van der Waals surface area contributed by atoms with Gasteiger partial charge in [-0.1, -0.05) is 34.1 Å². The van der Waals surface area contributed by atoms with Crippen molar-refractivity contribution < 1.29 is 9.84 Å². The standard InChI is InChI=1S/C18H37NO2/c1-7-16(3,13-17(4,8-2)18(5,19)20)14-9-11-15(21-6)12-10-14/h14-15,20H,7-13,19H2,1-6H3. The van der Waals surface area contributed by atoms with Crippen molar-refractivity contribution in [2.75, 3.05) is 7.11 Å². The topological polar surface area (TPSA) is 55.5 Å². The van der Waals surface area contributed by atoms with Crippen molar-refractivity contribution in [1.29, 1.82) is 0 Å². The molecule has 3 nitrogen and oxygen atoms in total. The monoisotopic (exact) mass is 299 g/mol. The van der Waals surface area contributed by atoms with Crippen molar-refractivity contribution in [3.05, 3.63) is 0 Å². The molecule has 1 fully saturated rings. The second kappa shape index (κ2) is 6.97. The summed E-state index contributed by atoms with van der Waals surface area (Å²) in [6, 6.07) is 0. The number of rotatable bonds is 7. The van der Waals surface area contributed by atoms with Crippen molar-refractivity contribution >= 4 is 0 Å². The third kappa shape index (κ3) is 4.20. The average molecular weight is 299 g/mol. The average Bonchev–Trinajstić information content (AvgIpc) is 2.45. The molecule has 1 saturated carbocycles. The van der Waals surface area contributed by atoms with Gasteiger partial charge in [-0.25, -0.2) is 0 Å². The predicted molar refractivity (Wildman–Crippen MR) is 89.0 cm³/mol. The summed E-state index contributed by atoms with van der Waals surface area (Å²) >= 11 is 0. The Hall–Kier alpha value is -0.120. The fraction of sp³-hybridized carbons (Fsp3) is 1.00. The van der Waals surface area contributed by atoms with E-state index in [-0.39, 0.29) is 10.8 Å². The maximum atomic E-state index is 10.4. The number of aliphatic hydroxyl groups is 1. The van der Waals surface area contributed by atoms with E-state index in [0.29, 0.717) is 12.0 Å². The van der Waals surface area contributed by atoms with Gasteiger partial charge in [0, 0.05) is 12.5 Å². The minimum Gasteiger partial charge on any atom is -0.381 e. The van der Waals surface area contributed by atoms with Crippen LogP contribution in [0, 0.1) is 16.7 Å². The SMILES string of the molecule is CCC(C)(CC(C)(CC)C(C)(N)O)C1CCC(OC)CC1. The summed E-state index contributed by atoms with van der Waals surface area (Å²) in [5.41, 5.74) is 4.97. The van der Waals surface area contributed by atoms with E-state index in [9.17, 15) is 5.11 Å². The Kier molecular flexibility index (Phi) is 6.28.